The van der Waals surface area contributed by atoms with Crippen molar-refractivity contribution in [3.63, 3.8) is 0 Å². The number of para-hydroxylation sites is 2. The lowest BCUT2D eigenvalue weighted by molar-refractivity contribution is 0.0598. The number of ether oxygens (including phenoxy) is 1. The Balaban J connectivity index is 0.000000169. The Bertz CT molecular complexity index is 2720. The van der Waals surface area contributed by atoms with Gasteiger partial charge in [-0.25, -0.2) is 18.4 Å². The molecule has 8 rings (SSSR count). The molecule has 0 bridgehead atoms. The first-order chi connectivity index (χ1) is 26.6. The van der Waals surface area contributed by atoms with Gasteiger partial charge in [-0.05, 0) is 120 Å². The zero-order chi connectivity index (χ0) is 38.6. The topological polar surface area (TPSA) is 73.5 Å². The van der Waals surface area contributed by atoms with Crippen LogP contribution in [0.5, 0.6) is 0 Å². The van der Waals surface area contributed by atoms with Gasteiger partial charge in [0, 0.05) is 33.2 Å². The normalized spacial score (nSPS) is 11.0. The number of aromatic carboxylic acids is 1. The van der Waals surface area contributed by atoms with Crippen molar-refractivity contribution < 1.29 is 28.2 Å². The Morgan fingerprint density at radius 1 is 0.600 bits per heavy atom. The fourth-order valence-electron chi connectivity index (χ4n) is 6.66. The summed E-state index contributed by atoms with van der Waals surface area (Å²) in [5.74, 6) is -1.97. The molecule has 8 aromatic rings. The first-order valence-electron chi connectivity index (χ1n) is 17.2. The van der Waals surface area contributed by atoms with Crippen LogP contribution in [0.3, 0.4) is 0 Å². The van der Waals surface area contributed by atoms with E-state index in [4.69, 9.17) is 27.9 Å². The number of hydrogen-bond donors (Lipinski definition) is 1. The average molecular weight is 774 g/mol. The van der Waals surface area contributed by atoms with Gasteiger partial charge >= 0.3 is 11.9 Å². The number of aromatic nitrogens is 2. The molecule has 10 heteroatoms. The second-order valence-electron chi connectivity index (χ2n) is 12.8. The third-order valence-corrected chi connectivity index (χ3v) is 9.77. The minimum atomic E-state index is -1.00. The first-order valence-corrected chi connectivity index (χ1v) is 17.9. The molecule has 0 aliphatic carbocycles. The molecular formula is C45H32Cl2F2N2O4. The van der Waals surface area contributed by atoms with Crippen LogP contribution < -0.4 is 0 Å². The molecule has 6 aromatic carbocycles. The number of halogens is 4. The highest BCUT2D eigenvalue weighted by atomic mass is 35.5. The van der Waals surface area contributed by atoms with Gasteiger partial charge in [0.15, 0.2) is 0 Å². The predicted octanol–water partition coefficient (Wildman–Crippen LogP) is 11.5. The van der Waals surface area contributed by atoms with Gasteiger partial charge in [0.05, 0.1) is 40.6 Å². The van der Waals surface area contributed by atoms with Gasteiger partial charge < -0.3 is 19.0 Å². The Labute approximate surface area is 325 Å². The lowest BCUT2D eigenvalue weighted by Gasteiger charge is -2.10. The van der Waals surface area contributed by atoms with Crippen LogP contribution in [0.1, 0.15) is 43.0 Å². The van der Waals surface area contributed by atoms with Gasteiger partial charge in [-0.3, -0.25) is 0 Å². The van der Waals surface area contributed by atoms with Crippen LogP contribution in [0.15, 0.2) is 146 Å². The summed E-state index contributed by atoms with van der Waals surface area (Å²) in [5.41, 5.74) is 7.00. The number of methoxy groups -OCH3 is 1. The van der Waals surface area contributed by atoms with E-state index in [9.17, 15) is 23.5 Å². The van der Waals surface area contributed by atoms with Crippen LogP contribution in [0.25, 0.3) is 33.2 Å². The Morgan fingerprint density at radius 3 is 1.51 bits per heavy atom. The quantitative estimate of drug-likeness (QED) is 0.156. The van der Waals surface area contributed by atoms with E-state index < -0.39 is 11.9 Å². The summed E-state index contributed by atoms with van der Waals surface area (Å²) in [5, 5.41) is 12.2. The zero-order valence-corrected chi connectivity index (χ0v) is 30.9. The molecule has 0 aliphatic rings. The summed E-state index contributed by atoms with van der Waals surface area (Å²) in [6.07, 6.45) is 4.72. The van der Waals surface area contributed by atoms with E-state index >= 15 is 0 Å². The van der Waals surface area contributed by atoms with E-state index in [1.165, 1.54) is 25.3 Å². The van der Waals surface area contributed by atoms with Crippen molar-refractivity contribution in [2.45, 2.75) is 12.8 Å². The molecule has 1 N–H and O–H groups in total. The molecule has 0 unspecified atom stereocenters. The average Bonchev–Trinajstić information content (AvgIpc) is 3.80. The molecule has 0 saturated carbocycles. The van der Waals surface area contributed by atoms with Crippen molar-refractivity contribution in [2.75, 3.05) is 7.11 Å². The smallest absolute Gasteiger partial charge is 0.338 e. The lowest BCUT2D eigenvalue weighted by atomic mass is 9.99. The van der Waals surface area contributed by atoms with E-state index in [2.05, 4.69) is 0 Å². The number of carbonyl (C=O) groups is 2. The summed E-state index contributed by atoms with van der Waals surface area (Å²) in [6, 6.07) is 39.1. The van der Waals surface area contributed by atoms with E-state index in [1.54, 1.807) is 59.2 Å². The van der Waals surface area contributed by atoms with Gasteiger partial charge in [0.25, 0.3) is 0 Å². The maximum absolute atomic E-state index is 14.2. The van der Waals surface area contributed by atoms with Crippen LogP contribution in [0.4, 0.5) is 8.78 Å². The van der Waals surface area contributed by atoms with Crippen molar-refractivity contribution in [1.29, 1.82) is 0 Å². The number of hydrogen-bond acceptors (Lipinski definition) is 3. The van der Waals surface area contributed by atoms with Crippen molar-refractivity contribution >= 4 is 56.9 Å². The standard InChI is InChI=1S/C23H17ClFNO2.C22H15ClFNO2/c1-28-23(27)19-14-18(24)8-7-16(19)12-15-6-9-21-17(13-15)10-11-26(21)22-5-3-2-4-20(22)25;23-17-7-6-15(18(13-17)22(26)27)11-14-5-8-20-16(12-14)9-10-25(20)21-4-2-1-3-19(21)24/h2-11,13-14H,12H2,1H3;1-10,12-13H,11H2,(H,26,27). The van der Waals surface area contributed by atoms with Gasteiger partial charge in [0.1, 0.15) is 11.6 Å². The molecular weight excluding hydrogens is 741 g/mol. The number of carbonyl (C=O) groups excluding carboxylic acids is 1. The fraction of sp³-hybridized carbons (Fsp3) is 0.0667. The fourth-order valence-corrected chi connectivity index (χ4v) is 7.01. The van der Waals surface area contributed by atoms with Crippen LogP contribution in [-0.4, -0.2) is 33.3 Å². The van der Waals surface area contributed by atoms with Crippen molar-refractivity contribution in [2.24, 2.45) is 0 Å². The van der Waals surface area contributed by atoms with Crippen LogP contribution >= 0.6 is 23.2 Å². The summed E-state index contributed by atoms with van der Waals surface area (Å²) in [7, 11) is 1.35. The second kappa shape index (κ2) is 16.0. The molecule has 0 spiro atoms. The minimum Gasteiger partial charge on any atom is -0.478 e. The van der Waals surface area contributed by atoms with Crippen LogP contribution in [0.2, 0.25) is 10.0 Å². The number of rotatable bonds is 8. The van der Waals surface area contributed by atoms with Gasteiger partial charge in [-0.1, -0.05) is 71.7 Å². The third-order valence-electron chi connectivity index (χ3n) is 9.30. The number of esters is 1. The van der Waals surface area contributed by atoms with Crippen molar-refractivity contribution in [3.05, 3.63) is 201 Å². The van der Waals surface area contributed by atoms with Gasteiger partial charge in [-0.2, -0.15) is 0 Å². The Morgan fingerprint density at radius 2 is 1.05 bits per heavy atom. The predicted molar refractivity (Wildman–Crippen MR) is 213 cm³/mol. The van der Waals surface area contributed by atoms with Gasteiger partial charge in [-0.15, -0.1) is 0 Å². The maximum Gasteiger partial charge on any atom is 0.338 e. The Kier molecular flexibility index (Phi) is 10.8. The molecule has 0 amide bonds. The highest BCUT2D eigenvalue weighted by molar-refractivity contribution is 6.31. The van der Waals surface area contributed by atoms with Crippen molar-refractivity contribution in [3.8, 4) is 11.4 Å². The lowest BCUT2D eigenvalue weighted by Crippen LogP contribution is -2.06. The number of fused-ring (bicyclic) bond motifs is 2. The Hall–Kier alpha value is -6.22. The van der Waals surface area contributed by atoms with E-state index in [0.717, 1.165) is 38.5 Å². The van der Waals surface area contributed by atoms with Crippen LogP contribution in [0, 0.1) is 11.6 Å². The summed E-state index contributed by atoms with van der Waals surface area (Å²) in [4.78, 5) is 23.5. The monoisotopic (exact) mass is 772 g/mol. The second-order valence-corrected chi connectivity index (χ2v) is 13.7. The maximum atomic E-state index is 14.2. The number of carboxylic acids is 1. The molecule has 55 heavy (non-hydrogen) atoms. The van der Waals surface area contributed by atoms with E-state index in [1.807, 2.05) is 77.6 Å². The summed E-state index contributed by atoms with van der Waals surface area (Å²) in [6.45, 7) is 0. The number of carboxylic acid groups (broad SMARTS) is 1. The SMILES string of the molecule is COC(=O)c1cc(Cl)ccc1Cc1ccc2c(ccn2-c2ccccc2F)c1.O=C(O)c1cc(Cl)ccc1Cc1ccc2c(ccn2-c2ccccc2F)c1. The molecule has 2 aromatic heterocycles. The first kappa shape index (κ1) is 37.1. The molecule has 0 aliphatic heterocycles. The summed E-state index contributed by atoms with van der Waals surface area (Å²) < 4.78 is 36.8. The highest BCUT2D eigenvalue weighted by Crippen LogP contribution is 2.28. The van der Waals surface area contributed by atoms with Crippen LogP contribution in [-0.2, 0) is 17.6 Å². The third kappa shape index (κ3) is 8.01. The van der Waals surface area contributed by atoms with Gasteiger partial charge in [0.2, 0.25) is 0 Å². The number of benzene rings is 6. The highest BCUT2D eigenvalue weighted by Gasteiger charge is 2.15. The number of nitrogens with zero attached hydrogens (tertiary/aromatic N) is 2. The summed E-state index contributed by atoms with van der Waals surface area (Å²) >= 11 is 12.0. The van der Waals surface area contributed by atoms with E-state index in [-0.39, 0.29) is 17.2 Å². The molecule has 2 heterocycles. The van der Waals surface area contributed by atoms with Crippen molar-refractivity contribution in [1.82, 2.24) is 9.13 Å². The molecule has 6 nitrogen and oxygen atoms in total. The molecule has 274 valence electrons. The molecule has 0 saturated heterocycles. The molecule has 0 atom stereocenters. The van der Waals surface area contributed by atoms with E-state index in [0.29, 0.717) is 45.4 Å². The minimum absolute atomic E-state index is 0.200. The largest absolute Gasteiger partial charge is 0.478 e. The molecule has 0 radical (unpaired) electrons. The zero-order valence-electron chi connectivity index (χ0n) is 29.3. The molecule has 0 fully saturated rings.